The third-order valence-corrected chi connectivity index (χ3v) is 6.43. The summed E-state index contributed by atoms with van der Waals surface area (Å²) < 4.78 is 16.2. The van der Waals surface area contributed by atoms with E-state index in [2.05, 4.69) is 20.9 Å². The molecule has 1 saturated carbocycles. The van der Waals surface area contributed by atoms with Gasteiger partial charge in [0.05, 0.1) is 26.9 Å². The fourth-order valence-corrected chi connectivity index (χ4v) is 5.07. The number of ether oxygens (including phenoxy) is 3. The van der Waals surface area contributed by atoms with Gasteiger partial charge in [0.15, 0.2) is 0 Å². The SMILES string of the molecule is COc1ncc(C2(O)[C@H]3CCC[C@H]2CN(Cc2ccccc2OC)C3)c(OC)n1. The van der Waals surface area contributed by atoms with E-state index in [-0.39, 0.29) is 17.8 Å². The van der Waals surface area contributed by atoms with Crippen LogP contribution in [0.2, 0.25) is 0 Å². The second-order valence-electron chi connectivity index (χ2n) is 7.94. The van der Waals surface area contributed by atoms with Gasteiger partial charge in [0.25, 0.3) is 0 Å². The third-order valence-electron chi connectivity index (χ3n) is 6.43. The Balaban J connectivity index is 1.62. The lowest BCUT2D eigenvalue weighted by Crippen LogP contribution is -2.58. The summed E-state index contributed by atoms with van der Waals surface area (Å²) in [6, 6.07) is 8.37. The maximum Gasteiger partial charge on any atom is 0.319 e. The molecule has 29 heavy (non-hydrogen) atoms. The quantitative estimate of drug-likeness (QED) is 0.800. The van der Waals surface area contributed by atoms with Gasteiger partial charge >= 0.3 is 6.01 Å². The predicted octanol–water partition coefficient (Wildman–Crippen LogP) is 2.62. The fourth-order valence-electron chi connectivity index (χ4n) is 5.07. The van der Waals surface area contributed by atoms with Crippen molar-refractivity contribution in [3.63, 3.8) is 0 Å². The fraction of sp³-hybridized carbons (Fsp3) is 0.545. The van der Waals surface area contributed by atoms with Crippen LogP contribution in [0.3, 0.4) is 0 Å². The van der Waals surface area contributed by atoms with E-state index >= 15 is 0 Å². The molecule has 2 heterocycles. The van der Waals surface area contributed by atoms with E-state index in [0.29, 0.717) is 11.4 Å². The van der Waals surface area contributed by atoms with Gasteiger partial charge < -0.3 is 19.3 Å². The van der Waals surface area contributed by atoms with Crippen LogP contribution < -0.4 is 14.2 Å². The van der Waals surface area contributed by atoms with Gasteiger partial charge in [-0.2, -0.15) is 4.98 Å². The molecule has 7 heteroatoms. The molecule has 0 unspecified atom stereocenters. The first kappa shape index (κ1) is 19.9. The molecule has 1 N–H and O–H groups in total. The molecule has 1 aliphatic heterocycles. The summed E-state index contributed by atoms with van der Waals surface area (Å²) >= 11 is 0. The lowest BCUT2D eigenvalue weighted by molar-refractivity contribution is -0.149. The average Bonchev–Trinajstić information content (AvgIpc) is 2.74. The molecule has 4 rings (SSSR count). The molecular formula is C22H29N3O4. The number of piperidine rings is 1. The number of hydrogen-bond donors (Lipinski definition) is 1. The van der Waals surface area contributed by atoms with Crippen molar-refractivity contribution >= 4 is 0 Å². The third kappa shape index (κ3) is 3.53. The molecule has 2 aliphatic rings. The largest absolute Gasteiger partial charge is 0.496 e. The number of likely N-dealkylation sites (tertiary alicyclic amines) is 1. The highest BCUT2D eigenvalue weighted by Gasteiger charge is 2.53. The van der Waals surface area contributed by atoms with E-state index in [1.165, 1.54) is 12.7 Å². The molecule has 1 aromatic heterocycles. The number of benzene rings is 1. The molecule has 2 fully saturated rings. The first-order chi connectivity index (χ1) is 14.1. The summed E-state index contributed by atoms with van der Waals surface area (Å²) in [4.78, 5) is 11.0. The van der Waals surface area contributed by atoms with Crippen LogP contribution in [-0.2, 0) is 12.1 Å². The van der Waals surface area contributed by atoms with Crippen molar-refractivity contribution in [1.29, 1.82) is 0 Å². The number of nitrogens with zero attached hydrogens (tertiary/aromatic N) is 3. The lowest BCUT2D eigenvalue weighted by Gasteiger charge is -2.53. The zero-order valence-corrected chi connectivity index (χ0v) is 17.3. The standard InChI is InChI=1S/C22H29N3O4/c1-27-19-10-5-4-7-15(19)12-25-13-16-8-6-9-17(14-25)22(16,26)18-11-23-21(29-3)24-20(18)28-2/h4-5,7,10-11,16-17,26H,6,8-9,12-14H2,1-3H3/t16-,17-/m0/s1. The Hall–Kier alpha value is -2.38. The van der Waals surface area contributed by atoms with E-state index in [1.54, 1.807) is 20.4 Å². The maximum absolute atomic E-state index is 11.9. The molecule has 0 amide bonds. The number of hydrogen-bond acceptors (Lipinski definition) is 7. The molecule has 0 spiro atoms. The first-order valence-electron chi connectivity index (χ1n) is 10.1. The van der Waals surface area contributed by atoms with E-state index in [1.807, 2.05) is 18.2 Å². The van der Waals surface area contributed by atoms with Gasteiger partial charge in [-0.1, -0.05) is 24.6 Å². The van der Waals surface area contributed by atoms with Crippen LogP contribution in [0.4, 0.5) is 0 Å². The minimum absolute atomic E-state index is 0.0932. The van der Waals surface area contributed by atoms with Gasteiger partial charge in [0, 0.05) is 43.2 Å². The summed E-state index contributed by atoms with van der Waals surface area (Å²) in [7, 11) is 4.80. The number of para-hydroxylation sites is 1. The van der Waals surface area contributed by atoms with Crippen LogP contribution in [0.1, 0.15) is 30.4 Å². The van der Waals surface area contributed by atoms with Gasteiger partial charge in [0.2, 0.25) is 5.88 Å². The molecule has 2 aromatic rings. The summed E-state index contributed by atoms with van der Waals surface area (Å²) in [5, 5.41) is 11.9. The average molecular weight is 399 g/mol. The van der Waals surface area contributed by atoms with Crippen molar-refractivity contribution in [3.05, 3.63) is 41.6 Å². The Morgan fingerprint density at radius 1 is 1.07 bits per heavy atom. The normalized spacial score (nSPS) is 26.8. The zero-order chi connectivity index (χ0) is 20.4. The molecule has 2 atom stereocenters. The minimum Gasteiger partial charge on any atom is -0.496 e. The zero-order valence-electron chi connectivity index (χ0n) is 17.3. The highest BCUT2D eigenvalue weighted by Crippen LogP contribution is 2.51. The molecule has 156 valence electrons. The van der Waals surface area contributed by atoms with Crippen LogP contribution in [0.15, 0.2) is 30.5 Å². The van der Waals surface area contributed by atoms with Crippen LogP contribution >= 0.6 is 0 Å². The molecule has 7 nitrogen and oxygen atoms in total. The van der Waals surface area contributed by atoms with Crippen molar-refractivity contribution in [3.8, 4) is 17.6 Å². The second-order valence-corrected chi connectivity index (χ2v) is 7.94. The Morgan fingerprint density at radius 2 is 1.79 bits per heavy atom. The van der Waals surface area contributed by atoms with Gasteiger partial charge in [0.1, 0.15) is 11.4 Å². The van der Waals surface area contributed by atoms with Crippen LogP contribution in [-0.4, -0.2) is 54.4 Å². The summed E-state index contributed by atoms with van der Waals surface area (Å²) in [6.07, 6.45) is 4.72. The van der Waals surface area contributed by atoms with Crippen molar-refractivity contribution in [2.75, 3.05) is 34.4 Å². The molecule has 0 radical (unpaired) electrons. The topological polar surface area (TPSA) is 76.9 Å². The highest BCUT2D eigenvalue weighted by atomic mass is 16.5. The van der Waals surface area contributed by atoms with Crippen molar-refractivity contribution in [1.82, 2.24) is 14.9 Å². The second kappa shape index (κ2) is 8.16. The number of rotatable bonds is 6. The van der Waals surface area contributed by atoms with Gasteiger partial charge in [-0.05, 0) is 18.9 Å². The van der Waals surface area contributed by atoms with Gasteiger partial charge in [-0.3, -0.25) is 4.90 Å². The highest BCUT2D eigenvalue weighted by molar-refractivity contribution is 5.35. The number of aromatic nitrogens is 2. The van der Waals surface area contributed by atoms with Gasteiger partial charge in [-0.15, -0.1) is 0 Å². The van der Waals surface area contributed by atoms with E-state index in [4.69, 9.17) is 14.2 Å². The Labute approximate surface area is 171 Å². The first-order valence-corrected chi connectivity index (χ1v) is 10.1. The monoisotopic (exact) mass is 399 g/mol. The summed E-state index contributed by atoms with van der Waals surface area (Å²) in [5.41, 5.74) is 0.851. The Bertz CT molecular complexity index is 846. The van der Waals surface area contributed by atoms with Crippen LogP contribution in [0.25, 0.3) is 0 Å². The van der Waals surface area contributed by atoms with E-state index in [9.17, 15) is 5.11 Å². The molecule has 2 bridgehead atoms. The predicted molar refractivity (Wildman–Crippen MR) is 108 cm³/mol. The van der Waals surface area contributed by atoms with Crippen LogP contribution in [0.5, 0.6) is 17.6 Å². The Kier molecular flexibility index (Phi) is 5.61. The Morgan fingerprint density at radius 3 is 2.45 bits per heavy atom. The van der Waals surface area contributed by atoms with Crippen molar-refractivity contribution in [2.24, 2.45) is 11.8 Å². The van der Waals surface area contributed by atoms with Crippen molar-refractivity contribution < 1.29 is 19.3 Å². The molecule has 1 aliphatic carbocycles. The lowest BCUT2D eigenvalue weighted by atomic mass is 9.63. The minimum atomic E-state index is -0.993. The maximum atomic E-state index is 11.9. The molecule has 1 aromatic carbocycles. The van der Waals surface area contributed by atoms with E-state index in [0.717, 1.165) is 44.6 Å². The van der Waals surface area contributed by atoms with E-state index < -0.39 is 5.60 Å². The smallest absolute Gasteiger partial charge is 0.319 e. The summed E-state index contributed by atoms with van der Waals surface area (Å²) in [5.74, 6) is 1.49. The van der Waals surface area contributed by atoms with Crippen LogP contribution in [0, 0.1) is 11.8 Å². The van der Waals surface area contributed by atoms with Gasteiger partial charge in [-0.25, -0.2) is 4.98 Å². The molecular weight excluding hydrogens is 370 g/mol. The van der Waals surface area contributed by atoms with Crippen molar-refractivity contribution in [2.45, 2.75) is 31.4 Å². The number of methoxy groups -OCH3 is 3. The molecule has 1 saturated heterocycles. The summed E-state index contributed by atoms with van der Waals surface area (Å²) in [6.45, 7) is 2.42. The number of fused-ring (bicyclic) bond motifs is 2. The number of aliphatic hydroxyl groups is 1.